The van der Waals surface area contributed by atoms with Crippen molar-refractivity contribution in [3.8, 4) is 5.75 Å². The Balaban J connectivity index is 2.18. The van der Waals surface area contributed by atoms with Crippen LogP contribution in [0.2, 0.25) is 5.15 Å². The van der Waals surface area contributed by atoms with Crippen molar-refractivity contribution < 1.29 is 9.66 Å². The molecule has 0 amide bonds. The molecule has 0 saturated heterocycles. The molecule has 0 fully saturated rings. The van der Waals surface area contributed by atoms with Gasteiger partial charge in [0.15, 0.2) is 5.75 Å². The highest BCUT2D eigenvalue weighted by molar-refractivity contribution is 6.29. The minimum absolute atomic E-state index is 0.0236. The molecule has 2 aromatic rings. The molecular formula is C14H13ClN2O3. The topological polar surface area (TPSA) is 65.3 Å². The van der Waals surface area contributed by atoms with Crippen molar-refractivity contribution in [2.24, 2.45) is 0 Å². The third-order valence-corrected chi connectivity index (χ3v) is 3.02. The van der Waals surface area contributed by atoms with Crippen LogP contribution in [-0.4, -0.2) is 9.91 Å². The van der Waals surface area contributed by atoms with Crippen molar-refractivity contribution in [2.75, 3.05) is 0 Å². The van der Waals surface area contributed by atoms with Crippen molar-refractivity contribution in [3.63, 3.8) is 0 Å². The first-order valence-corrected chi connectivity index (χ1v) is 6.48. The number of hydrogen-bond acceptors (Lipinski definition) is 4. The third-order valence-electron chi connectivity index (χ3n) is 2.81. The van der Waals surface area contributed by atoms with E-state index < -0.39 is 4.92 Å². The van der Waals surface area contributed by atoms with E-state index in [2.05, 4.69) is 4.98 Å². The Kier molecular flexibility index (Phi) is 4.53. The average Bonchev–Trinajstić information content (AvgIpc) is 2.45. The minimum atomic E-state index is -0.436. The summed E-state index contributed by atoms with van der Waals surface area (Å²) in [6.45, 7) is 2.15. The van der Waals surface area contributed by atoms with Crippen LogP contribution in [0.1, 0.15) is 18.1 Å². The number of aromatic nitrogens is 1. The summed E-state index contributed by atoms with van der Waals surface area (Å²) >= 11 is 5.77. The number of hydrogen-bond donors (Lipinski definition) is 0. The van der Waals surface area contributed by atoms with Crippen LogP contribution in [0.3, 0.4) is 0 Å². The summed E-state index contributed by atoms with van der Waals surface area (Å²) < 4.78 is 5.51. The van der Waals surface area contributed by atoms with Gasteiger partial charge >= 0.3 is 5.69 Å². The van der Waals surface area contributed by atoms with Crippen molar-refractivity contribution in [1.82, 2.24) is 4.98 Å². The predicted octanol–water partition coefficient (Wildman–Crippen LogP) is 3.78. The van der Waals surface area contributed by atoms with Gasteiger partial charge in [0, 0.05) is 12.3 Å². The fourth-order valence-electron chi connectivity index (χ4n) is 1.74. The van der Waals surface area contributed by atoms with E-state index in [0.29, 0.717) is 5.15 Å². The van der Waals surface area contributed by atoms with Crippen LogP contribution >= 0.6 is 11.6 Å². The van der Waals surface area contributed by atoms with Gasteiger partial charge in [0.05, 0.1) is 4.92 Å². The summed E-state index contributed by atoms with van der Waals surface area (Å²) in [6.07, 6.45) is 2.30. The van der Waals surface area contributed by atoms with E-state index in [1.807, 2.05) is 13.0 Å². The molecule has 0 atom stereocenters. The number of ether oxygens (including phenoxy) is 1. The SMILES string of the molecule is CCc1ccc(OCc2ccnc(Cl)c2)c([N+](=O)[O-])c1. The number of pyridine rings is 1. The number of nitro benzene ring substituents is 1. The van der Waals surface area contributed by atoms with Crippen LogP contribution < -0.4 is 4.74 Å². The Morgan fingerprint density at radius 3 is 2.75 bits per heavy atom. The molecular weight excluding hydrogens is 280 g/mol. The first kappa shape index (κ1) is 14.3. The van der Waals surface area contributed by atoms with Gasteiger partial charge in [-0.2, -0.15) is 0 Å². The molecule has 1 aromatic heterocycles. The van der Waals surface area contributed by atoms with E-state index in [1.54, 1.807) is 24.4 Å². The molecule has 0 aliphatic heterocycles. The molecule has 5 nitrogen and oxygen atoms in total. The summed E-state index contributed by atoms with van der Waals surface area (Å²) in [6, 6.07) is 8.39. The van der Waals surface area contributed by atoms with Gasteiger partial charge in [0.2, 0.25) is 0 Å². The number of nitrogens with zero attached hydrogens (tertiary/aromatic N) is 2. The third kappa shape index (κ3) is 3.45. The second-order valence-corrected chi connectivity index (χ2v) is 4.58. The van der Waals surface area contributed by atoms with Crippen LogP contribution in [0.4, 0.5) is 5.69 Å². The quantitative estimate of drug-likeness (QED) is 0.478. The molecule has 0 unspecified atom stereocenters. The van der Waals surface area contributed by atoms with Crippen LogP contribution in [0.5, 0.6) is 5.75 Å². The summed E-state index contributed by atoms with van der Waals surface area (Å²) in [5, 5.41) is 11.4. The number of nitro groups is 1. The molecule has 0 N–H and O–H groups in total. The molecule has 0 aliphatic carbocycles. The van der Waals surface area contributed by atoms with E-state index in [9.17, 15) is 10.1 Å². The Labute approximate surface area is 121 Å². The summed E-state index contributed by atoms with van der Waals surface area (Å²) in [5.74, 6) is 0.250. The zero-order chi connectivity index (χ0) is 14.5. The Morgan fingerprint density at radius 1 is 1.30 bits per heavy atom. The first-order valence-electron chi connectivity index (χ1n) is 6.10. The number of rotatable bonds is 5. The standard InChI is InChI=1S/C14H13ClN2O3/c1-2-10-3-4-13(12(7-10)17(18)19)20-9-11-5-6-16-14(15)8-11/h3-8H,2,9H2,1H3. The molecule has 1 heterocycles. The van der Waals surface area contributed by atoms with Crippen molar-refractivity contribution >= 4 is 17.3 Å². The number of benzene rings is 1. The zero-order valence-electron chi connectivity index (χ0n) is 10.9. The van der Waals surface area contributed by atoms with E-state index in [-0.39, 0.29) is 18.0 Å². The van der Waals surface area contributed by atoms with Crippen LogP contribution in [0.15, 0.2) is 36.5 Å². The van der Waals surface area contributed by atoms with Crippen molar-refractivity contribution in [1.29, 1.82) is 0 Å². The molecule has 1 aromatic carbocycles. The van der Waals surface area contributed by atoms with Gasteiger partial charge in [-0.25, -0.2) is 4.98 Å². The summed E-state index contributed by atoms with van der Waals surface area (Å²) in [7, 11) is 0. The van der Waals surface area contributed by atoms with Crippen LogP contribution in [-0.2, 0) is 13.0 Å². The van der Waals surface area contributed by atoms with Gasteiger partial charge < -0.3 is 4.74 Å². The molecule has 0 radical (unpaired) electrons. The highest BCUT2D eigenvalue weighted by Gasteiger charge is 2.15. The molecule has 0 spiro atoms. The van der Waals surface area contributed by atoms with Gasteiger partial charge in [-0.1, -0.05) is 24.6 Å². The lowest BCUT2D eigenvalue weighted by Crippen LogP contribution is -2.00. The van der Waals surface area contributed by atoms with Gasteiger partial charge in [-0.15, -0.1) is 0 Å². The predicted molar refractivity (Wildman–Crippen MR) is 76.1 cm³/mol. The maximum Gasteiger partial charge on any atom is 0.311 e. The van der Waals surface area contributed by atoms with Crippen molar-refractivity contribution in [3.05, 3.63) is 62.9 Å². The molecule has 6 heteroatoms. The molecule has 0 bridgehead atoms. The fraction of sp³-hybridized carbons (Fsp3) is 0.214. The first-order chi connectivity index (χ1) is 9.60. The van der Waals surface area contributed by atoms with Gasteiger partial charge in [0.1, 0.15) is 11.8 Å². The van der Waals surface area contributed by atoms with E-state index >= 15 is 0 Å². The molecule has 20 heavy (non-hydrogen) atoms. The lowest BCUT2D eigenvalue weighted by Gasteiger charge is -2.08. The zero-order valence-corrected chi connectivity index (χ0v) is 11.6. The highest BCUT2D eigenvalue weighted by atomic mass is 35.5. The Bertz CT molecular complexity index is 632. The maximum atomic E-state index is 11.0. The largest absolute Gasteiger partial charge is 0.482 e. The van der Waals surface area contributed by atoms with Crippen LogP contribution in [0, 0.1) is 10.1 Å². The minimum Gasteiger partial charge on any atom is -0.482 e. The summed E-state index contributed by atoms with van der Waals surface area (Å²) in [5.41, 5.74) is 1.68. The van der Waals surface area contributed by atoms with Gasteiger partial charge in [-0.05, 0) is 35.7 Å². The second-order valence-electron chi connectivity index (χ2n) is 4.19. The van der Waals surface area contributed by atoms with Crippen molar-refractivity contribution in [2.45, 2.75) is 20.0 Å². The average molecular weight is 293 g/mol. The molecule has 0 saturated carbocycles. The fourth-order valence-corrected chi connectivity index (χ4v) is 1.94. The van der Waals surface area contributed by atoms with Gasteiger partial charge in [-0.3, -0.25) is 10.1 Å². The van der Waals surface area contributed by atoms with E-state index in [1.165, 1.54) is 6.07 Å². The number of aryl methyl sites for hydroxylation is 1. The molecule has 2 rings (SSSR count). The summed E-state index contributed by atoms with van der Waals surface area (Å²) in [4.78, 5) is 14.5. The van der Waals surface area contributed by atoms with E-state index in [4.69, 9.17) is 16.3 Å². The monoisotopic (exact) mass is 292 g/mol. The normalized spacial score (nSPS) is 10.3. The smallest absolute Gasteiger partial charge is 0.311 e. The molecule has 0 aliphatic rings. The van der Waals surface area contributed by atoms with Gasteiger partial charge in [0.25, 0.3) is 0 Å². The second kappa shape index (κ2) is 6.34. The maximum absolute atomic E-state index is 11.0. The Morgan fingerprint density at radius 2 is 2.10 bits per heavy atom. The Hall–Kier alpha value is -2.14. The van der Waals surface area contributed by atoms with E-state index in [0.717, 1.165) is 17.5 Å². The molecule has 104 valence electrons. The lowest BCUT2D eigenvalue weighted by molar-refractivity contribution is -0.386. The number of halogens is 1. The lowest BCUT2D eigenvalue weighted by atomic mass is 10.1. The highest BCUT2D eigenvalue weighted by Crippen LogP contribution is 2.29. The van der Waals surface area contributed by atoms with Crippen LogP contribution in [0.25, 0.3) is 0 Å².